The second-order valence-corrected chi connectivity index (χ2v) is 7.74. The van der Waals surface area contributed by atoms with Crippen LogP contribution in [0.15, 0.2) is 48.5 Å². The molecule has 0 amide bonds. The van der Waals surface area contributed by atoms with Crippen molar-refractivity contribution in [2.24, 2.45) is 5.92 Å². The Bertz CT molecular complexity index is 737. The number of halogens is 1. The van der Waals surface area contributed by atoms with E-state index in [1.54, 1.807) is 48.5 Å². The molecule has 1 heterocycles. The molecule has 0 spiro atoms. The monoisotopic (exact) mass is 387 g/mol. The van der Waals surface area contributed by atoms with Crippen molar-refractivity contribution in [3.8, 4) is 5.75 Å². The van der Waals surface area contributed by atoms with E-state index in [9.17, 15) is 9.90 Å². The van der Waals surface area contributed by atoms with Crippen LogP contribution in [-0.2, 0) is 0 Å². The van der Waals surface area contributed by atoms with Crippen molar-refractivity contribution in [2.45, 2.75) is 25.9 Å². The van der Waals surface area contributed by atoms with Crippen molar-refractivity contribution in [3.05, 3.63) is 64.7 Å². The van der Waals surface area contributed by atoms with E-state index >= 15 is 0 Å². The van der Waals surface area contributed by atoms with Gasteiger partial charge in [0.1, 0.15) is 18.5 Å². The summed E-state index contributed by atoms with van der Waals surface area (Å²) < 4.78 is 5.68. The number of benzene rings is 2. The smallest absolute Gasteiger partial charge is 0.193 e. The first-order chi connectivity index (χ1) is 13.0. The van der Waals surface area contributed by atoms with Gasteiger partial charge < -0.3 is 14.7 Å². The summed E-state index contributed by atoms with van der Waals surface area (Å²) in [6.45, 7) is 5.24. The molecule has 27 heavy (non-hydrogen) atoms. The zero-order valence-electron chi connectivity index (χ0n) is 15.6. The van der Waals surface area contributed by atoms with Crippen molar-refractivity contribution < 1.29 is 14.6 Å². The van der Waals surface area contributed by atoms with Crippen LogP contribution >= 0.6 is 11.6 Å². The maximum Gasteiger partial charge on any atom is 0.193 e. The average Bonchev–Trinajstić information content (AvgIpc) is 2.69. The normalized spacial score (nSPS) is 16.9. The molecule has 1 atom stereocenters. The summed E-state index contributed by atoms with van der Waals surface area (Å²) >= 11 is 5.86. The number of piperidine rings is 1. The topological polar surface area (TPSA) is 49.8 Å². The van der Waals surface area contributed by atoms with E-state index in [0.717, 1.165) is 19.0 Å². The lowest BCUT2D eigenvalue weighted by Gasteiger charge is -2.31. The Morgan fingerprint density at radius 2 is 1.67 bits per heavy atom. The number of hydrogen-bond acceptors (Lipinski definition) is 4. The first-order valence-electron chi connectivity index (χ1n) is 9.45. The maximum absolute atomic E-state index is 12.5. The second-order valence-electron chi connectivity index (χ2n) is 7.31. The molecule has 2 aromatic carbocycles. The van der Waals surface area contributed by atoms with Crippen LogP contribution in [0, 0.1) is 5.92 Å². The lowest BCUT2D eigenvalue weighted by atomic mass is 9.99. The minimum atomic E-state index is -0.520. The fourth-order valence-electron chi connectivity index (χ4n) is 3.26. The highest BCUT2D eigenvalue weighted by atomic mass is 35.5. The molecule has 4 nitrogen and oxygen atoms in total. The van der Waals surface area contributed by atoms with Gasteiger partial charge in [0, 0.05) is 22.7 Å². The molecule has 1 aliphatic heterocycles. The molecule has 144 valence electrons. The summed E-state index contributed by atoms with van der Waals surface area (Å²) in [6, 6.07) is 13.8. The Kier molecular flexibility index (Phi) is 6.89. The number of nitrogens with zero attached hydrogens (tertiary/aromatic N) is 1. The molecular weight excluding hydrogens is 362 g/mol. The van der Waals surface area contributed by atoms with Crippen LogP contribution in [-0.4, -0.2) is 48.1 Å². The lowest BCUT2D eigenvalue weighted by molar-refractivity contribution is 0.0563. The van der Waals surface area contributed by atoms with Gasteiger partial charge in [-0.1, -0.05) is 18.5 Å². The van der Waals surface area contributed by atoms with Gasteiger partial charge in [0.2, 0.25) is 0 Å². The number of ketones is 1. The van der Waals surface area contributed by atoms with Gasteiger partial charge in [-0.2, -0.15) is 0 Å². The third-order valence-electron chi connectivity index (χ3n) is 5.01. The first kappa shape index (κ1) is 19.9. The molecule has 1 fully saturated rings. The van der Waals surface area contributed by atoms with Crippen molar-refractivity contribution in [2.75, 3.05) is 26.2 Å². The number of carbonyl (C=O) groups excluding carboxylic acids is 1. The van der Waals surface area contributed by atoms with Gasteiger partial charge in [-0.15, -0.1) is 0 Å². The molecule has 0 radical (unpaired) electrons. The van der Waals surface area contributed by atoms with Gasteiger partial charge in [-0.3, -0.25) is 4.79 Å². The van der Waals surface area contributed by atoms with E-state index in [0.29, 0.717) is 28.4 Å². The van der Waals surface area contributed by atoms with Crippen LogP contribution in [0.1, 0.15) is 35.7 Å². The summed E-state index contributed by atoms with van der Waals surface area (Å²) in [7, 11) is 0. The summed E-state index contributed by atoms with van der Waals surface area (Å²) in [5, 5.41) is 10.8. The summed E-state index contributed by atoms with van der Waals surface area (Å²) in [5.74, 6) is 1.37. The standard InChI is InChI=1S/C22H26ClNO3/c1-16-10-12-24(13-11-16)14-20(25)15-27-21-8-4-18(5-9-21)22(26)17-2-6-19(23)7-3-17/h2-9,16,20,25H,10-15H2,1H3/t20-/m1/s1. The number of carbonyl (C=O) groups is 1. The van der Waals surface area contributed by atoms with Gasteiger partial charge in [0.15, 0.2) is 5.78 Å². The Morgan fingerprint density at radius 3 is 2.26 bits per heavy atom. The average molecular weight is 388 g/mol. The van der Waals surface area contributed by atoms with Crippen molar-refractivity contribution in [1.82, 2.24) is 4.90 Å². The molecule has 0 aromatic heterocycles. The van der Waals surface area contributed by atoms with E-state index < -0.39 is 6.10 Å². The van der Waals surface area contributed by atoms with E-state index in [1.807, 2.05) is 0 Å². The number of β-amino-alcohol motifs (C(OH)–C–C–N with tert-alkyl or cyclic N) is 1. The summed E-state index contributed by atoms with van der Waals surface area (Å²) in [6.07, 6.45) is 1.86. The second kappa shape index (κ2) is 9.36. The number of hydrogen-bond donors (Lipinski definition) is 1. The minimum absolute atomic E-state index is 0.0578. The Hall–Kier alpha value is -1.88. The highest BCUT2D eigenvalue weighted by molar-refractivity contribution is 6.30. The molecule has 3 rings (SSSR count). The van der Waals surface area contributed by atoms with Crippen molar-refractivity contribution >= 4 is 17.4 Å². The lowest BCUT2D eigenvalue weighted by Crippen LogP contribution is -2.40. The number of rotatable bonds is 7. The number of aliphatic hydroxyl groups is 1. The van der Waals surface area contributed by atoms with E-state index in [4.69, 9.17) is 16.3 Å². The van der Waals surface area contributed by atoms with E-state index in [-0.39, 0.29) is 12.4 Å². The third-order valence-corrected chi connectivity index (χ3v) is 5.26. The third kappa shape index (κ3) is 5.80. The summed E-state index contributed by atoms with van der Waals surface area (Å²) in [5.41, 5.74) is 1.19. The molecule has 2 aromatic rings. The Morgan fingerprint density at radius 1 is 1.11 bits per heavy atom. The van der Waals surface area contributed by atoms with Gasteiger partial charge in [0.05, 0.1) is 0 Å². The van der Waals surface area contributed by atoms with Gasteiger partial charge >= 0.3 is 0 Å². The van der Waals surface area contributed by atoms with E-state index in [1.165, 1.54) is 12.8 Å². The van der Waals surface area contributed by atoms with Crippen LogP contribution < -0.4 is 4.74 Å². The molecule has 1 N–H and O–H groups in total. The largest absolute Gasteiger partial charge is 0.491 e. The van der Waals surface area contributed by atoms with Crippen LogP contribution in [0.2, 0.25) is 5.02 Å². The molecular formula is C22H26ClNO3. The number of likely N-dealkylation sites (tertiary alicyclic amines) is 1. The fraction of sp³-hybridized carbons (Fsp3) is 0.409. The SMILES string of the molecule is CC1CCN(C[C@@H](O)COc2ccc(C(=O)c3ccc(Cl)cc3)cc2)CC1. The maximum atomic E-state index is 12.5. The molecule has 1 saturated heterocycles. The highest BCUT2D eigenvalue weighted by Gasteiger charge is 2.18. The molecule has 0 unspecified atom stereocenters. The molecule has 0 saturated carbocycles. The van der Waals surface area contributed by atoms with E-state index in [2.05, 4.69) is 11.8 Å². The predicted molar refractivity (Wildman–Crippen MR) is 108 cm³/mol. The van der Waals surface area contributed by atoms with Crippen LogP contribution in [0.3, 0.4) is 0 Å². The molecule has 0 aliphatic carbocycles. The van der Waals surface area contributed by atoms with Gasteiger partial charge in [0.25, 0.3) is 0 Å². The first-order valence-corrected chi connectivity index (χ1v) is 9.82. The summed E-state index contributed by atoms with van der Waals surface area (Å²) in [4.78, 5) is 14.7. The van der Waals surface area contributed by atoms with Crippen LogP contribution in [0.25, 0.3) is 0 Å². The quantitative estimate of drug-likeness (QED) is 0.728. The highest BCUT2D eigenvalue weighted by Crippen LogP contribution is 2.18. The number of aliphatic hydroxyl groups excluding tert-OH is 1. The van der Waals surface area contributed by atoms with Crippen LogP contribution in [0.4, 0.5) is 0 Å². The molecule has 1 aliphatic rings. The Balaban J connectivity index is 1.48. The fourth-order valence-corrected chi connectivity index (χ4v) is 3.38. The van der Waals surface area contributed by atoms with Crippen molar-refractivity contribution in [3.63, 3.8) is 0 Å². The molecule has 0 bridgehead atoms. The number of ether oxygens (including phenoxy) is 1. The van der Waals surface area contributed by atoms with Gasteiger partial charge in [-0.05, 0) is 80.4 Å². The minimum Gasteiger partial charge on any atom is -0.491 e. The zero-order valence-corrected chi connectivity index (χ0v) is 16.4. The molecule has 5 heteroatoms. The van der Waals surface area contributed by atoms with Crippen molar-refractivity contribution in [1.29, 1.82) is 0 Å². The predicted octanol–water partition coefficient (Wildman–Crippen LogP) is 4.04. The van der Waals surface area contributed by atoms with Gasteiger partial charge in [-0.25, -0.2) is 0 Å². The van der Waals surface area contributed by atoms with Crippen LogP contribution in [0.5, 0.6) is 5.75 Å². The Labute approximate surface area is 165 Å². The zero-order chi connectivity index (χ0) is 19.2.